The maximum Gasteiger partial charge on any atom is 0.339 e. The number of carboxylic acids is 1. The third-order valence-electron chi connectivity index (χ3n) is 2.29. The molecule has 0 unspecified atom stereocenters. The van der Waals surface area contributed by atoms with Crippen molar-refractivity contribution < 1.29 is 9.90 Å². The topological polar surface area (TPSA) is 63.1 Å². The third-order valence-corrected chi connectivity index (χ3v) is 2.79. The Morgan fingerprint density at radius 1 is 1.41 bits per heavy atom. The lowest BCUT2D eigenvalue weighted by atomic mass is 10.2. The summed E-state index contributed by atoms with van der Waals surface area (Å²) in [7, 11) is 0. The van der Waals surface area contributed by atoms with Gasteiger partial charge in [0, 0.05) is 16.2 Å². The number of hydrogen-bond acceptors (Lipinski definition) is 3. The second-order valence-electron chi connectivity index (χ2n) is 3.51. The van der Waals surface area contributed by atoms with Crippen LogP contribution in [0.4, 0.5) is 0 Å². The van der Waals surface area contributed by atoms with Gasteiger partial charge >= 0.3 is 5.97 Å². The summed E-state index contributed by atoms with van der Waals surface area (Å²) in [6.45, 7) is 1.66. The van der Waals surface area contributed by atoms with Crippen LogP contribution in [0, 0.1) is 6.92 Å². The molecule has 1 N–H and O–H groups in total. The summed E-state index contributed by atoms with van der Waals surface area (Å²) in [6.07, 6.45) is 1.33. The molecule has 0 saturated carbocycles. The van der Waals surface area contributed by atoms with E-state index in [-0.39, 0.29) is 5.56 Å². The van der Waals surface area contributed by atoms with Gasteiger partial charge < -0.3 is 5.11 Å². The zero-order valence-electron chi connectivity index (χ0n) is 9.01. The SMILES string of the molecule is Cc1nc(-c2cccc(Br)c2)ncc1C(=O)O. The van der Waals surface area contributed by atoms with Crippen molar-refractivity contribution >= 4 is 21.9 Å². The zero-order chi connectivity index (χ0) is 12.4. The Balaban J connectivity index is 2.48. The Kier molecular flexibility index (Phi) is 3.19. The normalized spacial score (nSPS) is 10.2. The van der Waals surface area contributed by atoms with Crippen molar-refractivity contribution in [2.24, 2.45) is 0 Å². The average molecular weight is 293 g/mol. The maximum absolute atomic E-state index is 10.8. The van der Waals surface area contributed by atoms with E-state index in [2.05, 4.69) is 25.9 Å². The standard InChI is InChI=1S/C12H9BrN2O2/c1-7-10(12(16)17)6-14-11(15-7)8-3-2-4-9(13)5-8/h2-6H,1H3,(H,16,17). The number of hydrogen-bond donors (Lipinski definition) is 1. The monoisotopic (exact) mass is 292 g/mol. The van der Waals surface area contributed by atoms with E-state index in [0.29, 0.717) is 11.5 Å². The van der Waals surface area contributed by atoms with E-state index in [9.17, 15) is 4.79 Å². The van der Waals surface area contributed by atoms with Crippen LogP contribution in [0.5, 0.6) is 0 Å². The van der Waals surface area contributed by atoms with Crippen LogP contribution in [-0.4, -0.2) is 21.0 Å². The first kappa shape index (κ1) is 11.7. The number of carbonyl (C=O) groups is 1. The summed E-state index contributed by atoms with van der Waals surface area (Å²) in [6, 6.07) is 7.54. The Labute approximate surface area is 106 Å². The molecule has 1 aromatic carbocycles. The van der Waals surface area contributed by atoms with Crippen LogP contribution in [0.15, 0.2) is 34.9 Å². The van der Waals surface area contributed by atoms with Crippen LogP contribution in [0.25, 0.3) is 11.4 Å². The summed E-state index contributed by atoms with van der Waals surface area (Å²) < 4.78 is 0.929. The van der Waals surface area contributed by atoms with Crippen LogP contribution < -0.4 is 0 Å². The quantitative estimate of drug-likeness (QED) is 0.924. The molecule has 86 valence electrons. The number of aryl methyl sites for hydroxylation is 1. The average Bonchev–Trinajstić information content (AvgIpc) is 2.28. The van der Waals surface area contributed by atoms with Gasteiger partial charge in [-0.1, -0.05) is 28.1 Å². The van der Waals surface area contributed by atoms with Crippen molar-refractivity contribution in [1.29, 1.82) is 0 Å². The molecule has 0 radical (unpaired) electrons. The van der Waals surface area contributed by atoms with Crippen molar-refractivity contribution in [3.63, 3.8) is 0 Å². The molecule has 0 aliphatic heterocycles. The first-order valence-electron chi connectivity index (χ1n) is 4.91. The highest BCUT2D eigenvalue weighted by molar-refractivity contribution is 9.10. The van der Waals surface area contributed by atoms with E-state index in [1.165, 1.54) is 6.20 Å². The minimum Gasteiger partial charge on any atom is -0.478 e. The maximum atomic E-state index is 10.8. The van der Waals surface area contributed by atoms with Gasteiger partial charge in [0.1, 0.15) is 0 Å². The molecule has 0 saturated heterocycles. The lowest BCUT2D eigenvalue weighted by molar-refractivity contribution is 0.0695. The molecule has 4 nitrogen and oxygen atoms in total. The Morgan fingerprint density at radius 3 is 2.76 bits per heavy atom. The smallest absolute Gasteiger partial charge is 0.339 e. The zero-order valence-corrected chi connectivity index (χ0v) is 10.6. The van der Waals surface area contributed by atoms with Crippen LogP contribution in [0.1, 0.15) is 16.1 Å². The molecule has 2 rings (SSSR count). The molecule has 2 aromatic rings. The molecule has 1 heterocycles. The highest BCUT2D eigenvalue weighted by Gasteiger charge is 2.10. The Morgan fingerprint density at radius 2 is 2.18 bits per heavy atom. The van der Waals surface area contributed by atoms with Crippen LogP contribution in [-0.2, 0) is 0 Å². The van der Waals surface area contributed by atoms with Gasteiger partial charge in [0.25, 0.3) is 0 Å². The summed E-state index contributed by atoms with van der Waals surface area (Å²) in [4.78, 5) is 19.1. The lowest BCUT2D eigenvalue weighted by Crippen LogP contribution is -2.04. The summed E-state index contributed by atoms with van der Waals surface area (Å²) in [5, 5.41) is 8.88. The predicted octanol–water partition coefficient (Wildman–Crippen LogP) is 2.91. The molecule has 0 amide bonds. The van der Waals surface area contributed by atoms with Crippen molar-refractivity contribution in [3.05, 3.63) is 46.2 Å². The van der Waals surface area contributed by atoms with Gasteiger partial charge in [0.15, 0.2) is 5.82 Å². The van der Waals surface area contributed by atoms with E-state index >= 15 is 0 Å². The van der Waals surface area contributed by atoms with E-state index in [1.807, 2.05) is 24.3 Å². The summed E-state index contributed by atoms with van der Waals surface area (Å²) in [5.41, 5.74) is 1.44. The summed E-state index contributed by atoms with van der Waals surface area (Å²) >= 11 is 3.37. The number of nitrogens with zero attached hydrogens (tertiary/aromatic N) is 2. The fourth-order valence-corrected chi connectivity index (χ4v) is 1.84. The van der Waals surface area contributed by atoms with Crippen LogP contribution >= 0.6 is 15.9 Å². The first-order chi connectivity index (χ1) is 8.08. The molecule has 0 aliphatic carbocycles. The van der Waals surface area contributed by atoms with Gasteiger partial charge in [-0.2, -0.15) is 0 Å². The van der Waals surface area contributed by atoms with Crippen molar-refractivity contribution in [2.45, 2.75) is 6.92 Å². The number of aromatic carboxylic acids is 1. The molecule has 17 heavy (non-hydrogen) atoms. The van der Waals surface area contributed by atoms with Crippen molar-refractivity contribution in [3.8, 4) is 11.4 Å². The molecular formula is C12H9BrN2O2. The fourth-order valence-electron chi connectivity index (χ4n) is 1.44. The van der Waals surface area contributed by atoms with E-state index in [4.69, 9.17) is 5.11 Å². The predicted molar refractivity (Wildman–Crippen MR) is 66.9 cm³/mol. The second-order valence-corrected chi connectivity index (χ2v) is 4.42. The van der Waals surface area contributed by atoms with E-state index in [1.54, 1.807) is 6.92 Å². The van der Waals surface area contributed by atoms with Gasteiger partial charge in [0.2, 0.25) is 0 Å². The highest BCUT2D eigenvalue weighted by Crippen LogP contribution is 2.20. The molecule has 5 heteroatoms. The summed E-state index contributed by atoms with van der Waals surface area (Å²) in [5.74, 6) is -0.489. The van der Waals surface area contributed by atoms with Crippen molar-refractivity contribution in [1.82, 2.24) is 9.97 Å². The van der Waals surface area contributed by atoms with Crippen LogP contribution in [0.2, 0.25) is 0 Å². The Bertz CT molecular complexity index is 584. The van der Waals surface area contributed by atoms with E-state index in [0.717, 1.165) is 10.0 Å². The highest BCUT2D eigenvalue weighted by atomic mass is 79.9. The van der Waals surface area contributed by atoms with Gasteiger partial charge in [0.05, 0.1) is 11.3 Å². The largest absolute Gasteiger partial charge is 0.478 e. The number of halogens is 1. The molecule has 0 aliphatic rings. The van der Waals surface area contributed by atoms with Gasteiger partial charge in [-0.15, -0.1) is 0 Å². The molecule has 0 spiro atoms. The third kappa shape index (κ3) is 2.50. The number of carboxylic acid groups (broad SMARTS) is 1. The number of aromatic nitrogens is 2. The molecule has 0 atom stereocenters. The molecule has 1 aromatic heterocycles. The number of rotatable bonds is 2. The molecule has 0 bridgehead atoms. The van der Waals surface area contributed by atoms with Gasteiger partial charge in [-0.3, -0.25) is 0 Å². The number of benzene rings is 1. The lowest BCUT2D eigenvalue weighted by Gasteiger charge is -2.04. The minimum atomic E-state index is -1.01. The van der Waals surface area contributed by atoms with Crippen LogP contribution in [0.3, 0.4) is 0 Å². The van der Waals surface area contributed by atoms with Gasteiger partial charge in [-0.05, 0) is 19.1 Å². The molecular weight excluding hydrogens is 284 g/mol. The molecule has 0 fully saturated rings. The second kappa shape index (κ2) is 4.63. The Hall–Kier alpha value is -1.75. The van der Waals surface area contributed by atoms with Gasteiger partial charge in [-0.25, -0.2) is 14.8 Å². The van der Waals surface area contributed by atoms with Crippen molar-refractivity contribution in [2.75, 3.05) is 0 Å². The minimum absolute atomic E-state index is 0.128. The fraction of sp³-hybridized carbons (Fsp3) is 0.0833. The van der Waals surface area contributed by atoms with E-state index < -0.39 is 5.97 Å². The first-order valence-corrected chi connectivity index (χ1v) is 5.70.